The van der Waals surface area contributed by atoms with Gasteiger partial charge in [-0.1, -0.05) is 19.1 Å². The van der Waals surface area contributed by atoms with Crippen molar-refractivity contribution in [2.75, 3.05) is 33.1 Å². The number of aliphatic hydroxyl groups is 1. The van der Waals surface area contributed by atoms with Gasteiger partial charge in [-0.2, -0.15) is 0 Å². The quantitative estimate of drug-likeness (QED) is 0.592. The van der Waals surface area contributed by atoms with E-state index < -0.39 is 0 Å². The second kappa shape index (κ2) is 10.8. The number of ether oxygens (including phenoxy) is 2. The average Bonchev–Trinajstić information content (AvgIpc) is 2.84. The lowest BCUT2D eigenvalue weighted by molar-refractivity contribution is -0.120. The summed E-state index contributed by atoms with van der Waals surface area (Å²) in [6.45, 7) is 4.51. The van der Waals surface area contributed by atoms with Crippen molar-refractivity contribution in [2.45, 2.75) is 63.6 Å². The molecule has 4 unspecified atom stereocenters. The van der Waals surface area contributed by atoms with Crippen LogP contribution in [0, 0.1) is 0 Å². The molecular formula is C28H37N3O4. The van der Waals surface area contributed by atoms with Gasteiger partial charge in [-0.15, -0.1) is 0 Å². The van der Waals surface area contributed by atoms with Crippen LogP contribution in [0.2, 0.25) is 0 Å². The molecule has 0 saturated heterocycles. The number of hydrogen-bond acceptors (Lipinski definition) is 6. The van der Waals surface area contributed by atoms with Gasteiger partial charge in [-0.05, 0) is 76.5 Å². The van der Waals surface area contributed by atoms with Crippen LogP contribution in [0.5, 0.6) is 11.5 Å². The number of rotatable bonds is 8. The second-order valence-electron chi connectivity index (χ2n) is 9.60. The van der Waals surface area contributed by atoms with E-state index in [0.29, 0.717) is 24.5 Å². The Bertz CT molecular complexity index is 1100. The predicted molar refractivity (Wildman–Crippen MR) is 139 cm³/mol. The van der Waals surface area contributed by atoms with Gasteiger partial charge in [0, 0.05) is 22.7 Å². The summed E-state index contributed by atoms with van der Waals surface area (Å²) < 4.78 is 11.5. The lowest BCUT2D eigenvalue weighted by atomic mass is 9.74. The fourth-order valence-corrected chi connectivity index (χ4v) is 5.36. The number of methoxy groups -OCH3 is 1. The number of nitrogens with one attached hydrogen (secondary N) is 1. The third kappa shape index (κ3) is 5.21. The Labute approximate surface area is 208 Å². The highest BCUT2D eigenvalue weighted by Crippen LogP contribution is 2.45. The highest BCUT2D eigenvalue weighted by atomic mass is 16.5. The summed E-state index contributed by atoms with van der Waals surface area (Å²) in [4.78, 5) is 20.0. The summed E-state index contributed by atoms with van der Waals surface area (Å²) in [6.07, 6.45) is 2.68. The Balaban J connectivity index is 1.75. The van der Waals surface area contributed by atoms with Gasteiger partial charge < -0.3 is 19.9 Å². The molecule has 2 aromatic rings. The first-order chi connectivity index (χ1) is 16.9. The number of hydrogen-bond donors (Lipinski definition) is 2. The third-order valence-corrected chi connectivity index (χ3v) is 7.09. The van der Waals surface area contributed by atoms with E-state index in [4.69, 9.17) is 14.5 Å². The van der Waals surface area contributed by atoms with Crippen molar-refractivity contribution in [1.29, 1.82) is 0 Å². The normalized spacial score (nSPS) is 22.0. The van der Waals surface area contributed by atoms with Crippen LogP contribution in [-0.4, -0.2) is 67.6 Å². The van der Waals surface area contributed by atoms with Crippen molar-refractivity contribution < 1.29 is 19.4 Å². The molecule has 4 atom stereocenters. The van der Waals surface area contributed by atoms with Gasteiger partial charge in [0.05, 0.1) is 37.6 Å². The molecule has 0 aromatic heterocycles. The van der Waals surface area contributed by atoms with E-state index in [-0.39, 0.29) is 30.0 Å². The van der Waals surface area contributed by atoms with Crippen LogP contribution in [0.15, 0.2) is 41.4 Å². The molecule has 1 fully saturated rings. The SMILES string of the molecule is CCOc1cc2c(cc1OC)C(c1cccc(NC(=O)C(CC)N(C)C)c1)=NC1CCC(O)CC21. The molecule has 1 heterocycles. The first-order valence-electron chi connectivity index (χ1n) is 12.5. The molecule has 0 radical (unpaired) electrons. The molecule has 1 saturated carbocycles. The first-order valence-corrected chi connectivity index (χ1v) is 12.5. The topological polar surface area (TPSA) is 83.4 Å². The van der Waals surface area contributed by atoms with Crippen LogP contribution < -0.4 is 14.8 Å². The predicted octanol–water partition coefficient (Wildman–Crippen LogP) is 4.22. The Hall–Kier alpha value is -2.90. The van der Waals surface area contributed by atoms with Gasteiger partial charge in [0.2, 0.25) is 5.91 Å². The smallest absolute Gasteiger partial charge is 0.241 e. The maximum absolute atomic E-state index is 12.8. The summed E-state index contributed by atoms with van der Waals surface area (Å²) in [6, 6.07) is 11.9. The van der Waals surface area contributed by atoms with E-state index in [0.717, 1.165) is 47.4 Å². The number of amides is 1. The summed E-state index contributed by atoms with van der Waals surface area (Å²) in [5.41, 5.74) is 4.70. The van der Waals surface area contributed by atoms with Crippen molar-refractivity contribution in [3.8, 4) is 11.5 Å². The molecule has 0 spiro atoms. The van der Waals surface area contributed by atoms with Crippen molar-refractivity contribution in [1.82, 2.24) is 4.90 Å². The van der Waals surface area contributed by atoms with E-state index in [2.05, 4.69) is 11.4 Å². The van der Waals surface area contributed by atoms with Crippen molar-refractivity contribution in [2.24, 2.45) is 4.99 Å². The molecule has 2 aromatic carbocycles. The van der Waals surface area contributed by atoms with Crippen LogP contribution in [0.3, 0.4) is 0 Å². The summed E-state index contributed by atoms with van der Waals surface area (Å²) in [5, 5.41) is 13.5. The van der Waals surface area contributed by atoms with Crippen molar-refractivity contribution >= 4 is 17.3 Å². The molecule has 1 amide bonds. The molecule has 7 nitrogen and oxygen atoms in total. The molecule has 35 heavy (non-hydrogen) atoms. The van der Waals surface area contributed by atoms with Gasteiger partial charge in [0.1, 0.15) is 0 Å². The summed E-state index contributed by atoms with van der Waals surface area (Å²) in [5.74, 6) is 1.49. The number of aliphatic hydroxyl groups excluding tert-OH is 1. The monoisotopic (exact) mass is 479 g/mol. The molecule has 2 N–H and O–H groups in total. The number of anilines is 1. The van der Waals surface area contributed by atoms with Gasteiger partial charge in [-0.25, -0.2) is 0 Å². The van der Waals surface area contributed by atoms with Crippen LogP contribution in [0.1, 0.15) is 62.1 Å². The van der Waals surface area contributed by atoms with Crippen LogP contribution in [-0.2, 0) is 4.79 Å². The maximum atomic E-state index is 12.8. The van der Waals surface area contributed by atoms with Crippen LogP contribution >= 0.6 is 0 Å². The summed E-state index contributed by atoms with van der Waals surface area (Å²) >= 11 is 0. The number of benzene rings is 2. The van der Waals surface area contributed by atoms with Gasteiger partial charge in [0.25, 0.3) is 0 Å². The number of nitrogens with zero attached hydrogens (tertiary/aromatic N) is 2. The molecule has 1 aliphatic carbocycles. The Morgan fingerprint density at radius 1 is 1.20 bits per heavy atom. The van der Waals surface area contributed by atoms with Gasteiger partial charge in [0.15, 0.2) is 11.5 Å². The Morgan fingerprint density at radius 2 is 2.00 bits per heavy atom. The minimum Gasteiger partial charge on any atom is -0.493 e. The zero-order valence-electron chi connectivity index (χ0n) is 21.4. The van der Waals surface area contributed by atoms with E-state index in [1.165, 1.54) is 0 Å². The van der Waals surface area contributed by atoms with Gasteiger partial charge in [-0.3, -0.25) is 14.7 Å². The standard InChI is InChI=1S/C28H37N3O4/c1-6-24(31(3)4)28(33)29-18-10-8-9-17(13-18)27-22-16-25(34-5)26(35-7-2)15-20(22)21-14-19(32)11-12-23(21)30-27/h8-10,13,15-16,19,21,23-24,32H,6-7,11-12,14H2,1-5H3,(H,29,33). The second-order valence-corrected chi connectivity index (χ2v) is 9.60. The van der Waals surface area contributed by atoms with E-state index in [1.807, 2.05) is 63.2 Å². The number of carbonyl (C=O) groups excluding carboxylic acids is 1. The van der Waals surface area contributed by atoms with E-state index >= 15 is 0 Å². The van der Waals surface area contributed by atoms with Gasteiger partial charge >= 0.3 is 0 Å². The molecule has 2 aliphatic rings. The number of aliphatic imine (C=N–C) groups is 1. The largest absolute Gasteiger partial charge is 0.493 e. The molecule has 0 bridgehead atoms. The maximum Gasteiger partial charge on any atom is 0.241 e. The van der Waals surface area contributed by atoms with E-state index in [9.17, 15) is 9.90 Å². The zero-order chi connectivity index (χ0) is 25.1. The van der Waals surface area contributed by atoms with Crippen LogP contribution in [0.4, 0.5) is 5.69 Å². The highest BCUT2D eigenvalue weighted by Gasteiger charge is 2.37. The van der Waals surface area contributed by atoms with Crippen LogP contribution in [0.25, 0.3) is 0 Å². The number of fused-ring (bicyclic) bond motifs is 3. The minimum atomic E-state index is -0.319. The van der Waals surface area contributed by atoms with E-state index in [1.54, 1.807) is 7.11 Å². The molecule has 188 valence electrons. The number of carbonyl (C=O) groups is 1. The van der Waals surface area contributed by atoms with Crippen molar-refractivity contribution in [3.63, 3.8) is 0 Å². The van der Waals surface area contributed by atoms with Crippen molar-refractivity contribution in [3.05, 3.63) is 53.1 Å². The average molecular weight is 480 g/mol. The zero-order valence-corrected chi connectivity index (χ0v) is 21.4. The fraction of sp³-hybridized carbons (Fsp3) is 0.500. The minimum absolute atomic E-state index is 0.0232. The molecule has 4 rings (SSSR count). The Morgan fingerprint density at radius 3 is 2.69 bits per heavy atom. The lowest BCUT2D eigenvalue weighted by Crippen LogP contribution is -2.39. The fourth-order valence-electron chi connectivity index (χ4n) is 5.36. The molecule has 1 aliphatic heterocycles. The number of likely N-dealkylation sites (N-methyl/N-ethyl adjacent to an activating group) is 1. The summed E-state index contributed by atoms with van der Waals surface area (Å²) in [7, 11) is 5.47. The highest BCUT2D eigenvalue weighted by molar-refractivity contribution is 6.15. The lowest BCUT2D eigenvalue weighted by Gasteiger charge is -2.37. The third-order valence-electron chi connectivity index (χ3n) is 7.09. The molecular weight excluding hydrogens is 442 g/mol. The first kappa shape index (κ1) is 25.2. The Kier molecular flexibility index (Phi) is 7.77. The molecule has 7 heteroatoms.